The Morgan fingerprint density at radius 2 is 0.633 bits per heavy atom. The number of fused-ring (bicyclic) bond motifs is 2. The quantitative estimate of drug-likeness (QED) is 0.0446. The number of rotatable bonds is 28. The zero-order valence-electron chi connectivity index (χ0n) is 35.1. The molecule has 0 aliphatic carbocycles. The average molecular weight is 865 g/mol. The summed E-state index contributed by atoms with van der Waals surface area (Å²) in [5, 5.41) is -1.59. The van der Waals surface area contributed by atoms with E-state index < -0.39 is 64.0 Å². The Bertz CT molecular complexity index is 2330. The summed E-state index contributed by atoms with van der Waals surface area (Å²) in [6, 6.07) is 13.9. The Balaban J connectivity index is 1.18. The van der Waals surface area contributed by atoms with Crippen LogP contribution in [0.5, 0.6) is 0 Å². The van der Waals surface area contributed by atoms with Crippen molar-refractivity contribution in [2.24, 2.45) is 0 Å². The fourth-order valence-corrected chi connectivity index (χ4v) is 9.40. The van der Waals surface area contributed by atoms with Gasteiger partial charge in [-0.2, -0.15) is 16.8 Å². The molecule has 0 bridgehead atoms. The Labute approximate surface area is 353 Å². The van der Waals surface area contributed by atoms with E-state index >= 15 is 0 Å². The summed E-state index contributed by atoms with van der Waals surface area (Å²) in [6.07, 6.45) is 25.7. The summed E-state index contributed by atoms with van der Waals surface area (Å²) < 4.78 is 62.8. The van der Waals surface area contributed by atoms with Gasteiger partial charge in [-0.25, -0.2) is 0 Å². The van der Waals surface area contributed by atoms with E-state index in [1.54, 1.807) is 24.3 Å². The van der Waals surface area contributed by atoms with E-state index in [0.29, 0.717) is 0 Å². The first-order chi connectivity index (χ1) is 28.9. The molecule has 14 heteroatoms. The summed E-state index contributed by atoms with van der Waals surface area (Å²) in [7, 11) is -9.27. The van der Waals surface area contributed by atoms with Crippen molar-refractivity contribution in [3.05, 3.63) is 113 Å². The van der Waals surface area contributed by atoms with E-state index in [1.165, 1.54) is 114 Å². The highest BCUT2D eigenvalue weighted by Gasteiger charge is 2.27. The number of nitrogens with zero attached hydrogens (tertiary/aromatic N) is 2. The molecule has 0 saturated carbocycles. The molecule has 60 heavy (non-hydrogen) atoms. The van der Waals surface area contributed by atoms with Crippen LogP contribution in [0.1, 0.15) is 153 Å². The lowest BCUT2D eigenvalue weighted by atomic mass is 10.0. The van der Waals surface area contributed by atoms with E-state index in [4.69, 9.17) is 8.57 Å². The van der Waals surface area contributed by atoms with Crippen molar-refractivity contribution >= 4 is 41.8 Å². The summed E-state index contributed by atoms with van der Waals surface area (Å²) in [5.74, 6) is 0. The number of hydrogen-bond donors (Lipinski definition) is 0. The molecule has 0 N–H and O–H groups in total. The lowest BCUT2D eigenvalue weighted by Gasteiger charge is -2.07. The summed E-state index contributed by atoms with van der Waals surface area (Å²) in [4.78, 5) is 52.7. The van der Waals surface area contributed by atoms with Gasteiger partial charge < -0.3 is 0 Å². The molecule has 2 heterocycles. The van der Waals surface area contributed by atoms with Crippen LogP contribution in [0.25, 0.3) is 21.5 Å². The number of hydrogen-bond acceptors (Lipinski definition) is 10. The SMILES string of the molecule is CCCCCCCCCCCCc1ccc(S(=O)(=O)On2c(=O)c3cc4c(=O)n(OS(=O)(=O)c5ccc(CCCCCCCCCCCC)cc5)c(=O)c4cc3c2=O)cc1. The first-order valence-corrected chi connectivity index (χ1v) is 24.7. The highest BCUT2D eigenvalue weighted by molar-refractivity contribution is 7.87. The normalized spacial score (nSPS) is 12.2. The zero-order valence-corrected chi connectivity index (χ0v) is 36.8. The topological polar surface area (TPSA) is 165 Å². The minimum Gasteiger partial charge on any atom is -0.277 e. The van der Waals surface area contributed by atoms with E-state index in [0.717, 1.165) is 74.6 Å². The Hall–Kier alpha value is -4.56. The maximum absolute atomic E-state index is 13.3. The Morgan fingerprint density at radius 1 is 0.383 bits per heavy atom. The minimum absolute atomic E-state index is 0.0701. The number of aromatic nitrogens is 2. The van der Waals surface area contributed by atoms with Gasteiger partial charge >= 0.3 is 20.2 Å². The molecular formula is C46H60N2O10S2. The third kappa shape index (κ3) is 12.3. The molecule has 12 nitrogen and oxygen atoms in total. The summed E-state index contributed by atoms with van der Waals surface area (Å²) >= 11 is 0. The second kappa shape index (κ2) is 22.3. The van der Waals surface area contributed by atoms with Gasteiger partial charge in [-0.1, -0.05) is 163 Å². The van der Waals surface area contributed by atoms with Gasteiger partial charge in [0.05, 0.1) is 21.5 Å². The smallest absolute Gasteiger partial charge is 0.277 e. The molecule has 0 unspecified atom stereocenters. The average Bonchev–Trinajstić information content (AvgIpc) is 3.60. The first kappa shape index (κ1) is 46.5. The molecule has 5 aromatic rings. The predicted molar refractivity (Wildman–Crippen MR) is 236 cm³/mol. The van der Waals surface area contributed by atoms with Gasteiger partial charge in [-0.05, 0) is 73.2 Å². The molecule has 0 saturated heterocycles. The largest absolute Gasteiger partial charge is 0.357 e. The third-order valence-electron chi connectivity index (χ3n) is 11.2. The molecule has 0 atom stereocenters. The Morgan fingerprint density at radius 3 is 0.900 bits per heavy atom. The number of unbranched alkanes of at least 4 members (excludes halogenated alkanes) is 18. The molecule has 2 aromatic heterocycles. The van der Waals surface area contributed by atoms with Crippen LogP contribution in [0.3, 0.4) is 0 Å². The highest BCUT2D eigenvalue weighted by atomic mass is 32.2. The fraction of sp³-hybridized carbons (Fsp3) is 0.522. The van der Waals surface area contributed by atoms with Gasteiger partial charge in [-0.15, -0.1) is 0 Å². The van der Waals surface area contributed by atoms with Crippen LogP contribution >= 0.6 is 0 Å². The van der Waals surface area contributed by atoms with Crippen LogP contribution in [-0.4, -0.2) is 26.3 Å². The highest BCUT2D eigenvalue weighted by Crippen LogP contribution is 2.19. The molecule has 0 aliphatic rings. The summed E-state index contributed by atoms with van der Waals surface area (Å²) in [6.45, 7) is 4.42. The molecule has 0 fully saturated rings. The van der Waals surface area contributed by atoms with Crippen LogP contribution in [-0.2, 0) is 33.1 Å². The van der Waals surface area contributed by atoms with Crippen molar-refractivity contribution in [3.8, 4) is 0 Å². The van der Waals surface area contributed by atoms with Gasteiger partial charge in [-0.3, -0.25) is 27.7 Å². The van der Waals surface area contributed by atoms with E-state index in [9.17, 15) is 36.0 Å². The van der Waals surface area contributed by atoms with Crippen molar-refractivity contribution in [2.75, 3.05) is 0 Å². The van der Waals surface area contributed by atoms with E-state index in [1.807, 2.05) is 0 Å². The second-order valence-corrected chi connectivity index (χ2v) is 19.0. The molecule has 0 amide bonds. The van der Waals surface area contributed by atoms with Crippen molar-refractivity contribution < 1.29 is 25.4 Å². The maximum Gasteiger partial charge on any atom is 0.357 e. The minimum atomic E-state index is -4.64. The van der Waals surface area contributed by atoms with Gasteiger partial charge in [0, 0.05) is 0 Å². The van der Waals surface area contributed by atoms with Gasteiger partial charge in [0.15, 0.2) is 0 Å². The molecule has 5 rings (SSSR count). The second-order valence-electron chi connectivity index (χ2n) is 16.0. The molecule has 0 radical (unpaired) electrons. The zero-order chi connectivity index (χ0) is 43.1. The maximum atomic E-state index is 13.3. The van der Waals surface area contributed by atoms with Crippen molar-refractivity contribution in [3.63, 3.8) is 0 Å². The molecule has 0 aliphatic heterocycles. The number of benzene rings is 3. The molecular weight excluding hydrogens is 805 g/mol. The monoisotopic (exact) mass is 864 g/mol. The van der Waals surface area contributed by atoms with Crippen molar-refractivity contribution in [1.29, 1.82) is 0 Å². The lowest BCUT2D eigenvalue weighted by Crippen LogP contribution is -2.36. The molecule has 326 valence electrons. The number of aryl methyl sites for hydroxylation is 2. The van der Waals surface area contributed by atoms with Gasteiger partial charge in [0.25, 0.3) is 22.2 Å². The molecule has 0 spiro atoms. The van der Waals surface area contributed by atoms with E-state index in [2.05, 4.69) is 13.8 Å². The van der Waals surface area contributed by atoms with Crippen molar-refractivity contribution in [1.82, 2.24) is 9.46 Å². The molecule has 3 aromatic carbocycles. The van der Waals surface area contributed by atoms with Crippen LogP contribution in [0.15, 0.2) is 89.6 Å². The third-order valence-corrected chi connectivity index (χ3v) is 13.6. The predicted octanol–water partition coefficient (Wildman–Crippen LogP) is 8.47. The van der Waals surface area contributed by atoms with Gasteiger partial charge in [0.2, 0.25) is 0 Å². The fourth-order valence-electron chi connectivity index (χ4n) is 7.63. The standard InChI is InChI=1S/C46H60N2O10S2/c1-3-5-7-9-11-13-15-17-19-21-23-35-25-29-37(30-26-35)59(53,54)57-47-43(49)39-33-41-42(34-40(39)44(47)50)46(52)48(45(41)51)58-60(55,56)38-31-27-36(28-32-38)24-22-20-18-16-14-12-10-8-6-4-2/h25-34H,3-24H2,1-2H3. The Kier molecular flexibility index (Phi) is 17.3. The first-order valence-electron chi connectivity index (χ1n) is 21.9. The van der Waals surface area contributed by atoms with Gasteiger partial charge in [0.1, 0.15) is 9.79 Å². The van der Waals surface area contributed by atoms with Crippen molar-refractivity contribution in [2.45, 2.75) is 165 Å². The van der Waals surface area contributed by atoms with Crippen LogP contribution in [0, 0.1) is 0 Å². The lowest BCUT2D eigenvalue weighted by molar-refractivity contribution is 0.263. The van der Waals surface area contributed by atoms with E-state index in [-0.39, 0.29) is 19.3 Å². The van der Waals surface area contributed by atoms with Crippen LogP contribution < -0.4 is 30.8 Å². The summed E-state index contributed by atoms with van der Waals surface area (Å²) in [5.41, 5.74) is -2.82. The van der Waals surface area contributed by atoms with Crippen LogP contribution in [0.2, 0.25) is 0 Å². The van der Waals surface area contributed by atoms with Crippen LogP contribution in [0.4, 0.5) is 0 Å².